The molecule has 0 amide bonds. The van der Waals surface area contributed by atoms with Gasteiger partial charge in [-0.1, -0.05) is 13.8 Å². The maximum atomic E-state index is 11.3. The van der Waals surface area contributed by atoms with Crippen LogP contribution in [0.2, 0.25) is 0 Å². The van der Waals surface area contributed by atoms with Crippen molar-refractivity contribution in [3.05, 3.63) is 0 Å². The Balaban J connectivity index is 3.04. The molecule has 0 aromatic heterocycles. The van der Waals surface area contributed by atoms with Crippen molar-refractivity contribution < 1.29 is 31.9 Å². The number of ketones is 1. The summed E-state index contributed by atoms with van der Waals surface area (Å²) < 4.78 is 25.6. The molecule has 0 aromatic carbocycles. The maximum Gasteiger partial charge on any atom is 0.157 e. The first-order valence-corrected chi connectivity index (χ1v) is 8.57. The molecular weight excluding hydrogens is 421 g/mol. The molecule has 0 saturated carbocycles. The summed E-state index contributed by atoms with van der Waals surface area (Å²) in [5.41, 5.74) is 2.54. The van der Waals surface area contributed by atoms with Gasteiger partial charge in [-0.05, 0) is 0 Å². The summed E-state index contributed by atoms with van der Waals surface area (Å²) in [4.78, 5) is 15.8. The molecule has 0 aromatic rings. The number of carbonyl (C=O) groups excluding carboxylic acids is 1. The van der Waals surface area contributed by atoms with Crippen molar-refractivity contribution in [2.75, 3.05) is 59.4 Å². The fraction of sp³-hybridized carbons (Fsp3) is 0.929. The minimum Gasteiger partial charge on any atom is -0.379 e. The van der Waals surface area contributed by atoms with Gasteiger partial charge in [0.2, 0.25) is 0 Å². The van der Waals surface area contributed by atoms with Crippen LogP contribution in [0.3, 0.4) is 0 Å². The fourth-order valence-electron chi connectivity index (χ4n) is 1.40. The Morgan fingerprint density at radius 2 is 1.35 bits per heavy atom. The van der Waals surface area contributed by atoms with Crippen molar-refractivity contribution in [1.29, 1.82) is 0 Å². The van der Waals surface area contributed by atoms with Crippen LogP contribution in [0.25, 0.3) is 0 Å². The number of nitrogens with one attached hydrogen (secondary N) is 1. The van der Waals surface area contributed by atoms with Crippen LogP contribution in [0.4, 0.5) is 0 Å². The van der Waals surface area contributed by atoms with Gasteiger partial charge in [0, 0.05) is 18.9 Å². The summed E-state index contributed by atoms with van der Waals surface area (Å²) in [7, 11) is 0. The summed E-state index contributed by atoms with van der Waals surface area (Å²) in [5, 5.41) is 0. The Bertz CT molecular complexity index is 270. The van der Waals surface area contributed by atoms with E-state index < -0.39 is 0 Å². The third-order valence-corrected chi connectivity index (χ3v) is 2.87. The molecule has 0 fully saturated rings. The lowest BCUT2D eigenvalue weighted by atomic mass is 10.1. The highest BCUT2D eigenvalue weighted by molar-refractivity contribution is 14.1. The lowest BCUT2D eigenvalue weighted by Crippen LogP contribution is -2.20. The SMILES string of the molecule is CC(C)C(=O)CCOCCOCCOCCOCCNOOI. The van der Waals surface area contributed by atoms with E-state index in [0.29, 0.717) is 65.8 Å². The van der Waals surface area contributed by atoms with Gasteiger partial charge in [-0.3, -0.25) is 4.79 Å². The number of hydrogen-bond donors (Lipinski definition) is 1. The number of ether oxygens (including phenoxy) is 4. The Morgan fingerprint density at radius 1 is 0.870 bits per heavy atom. The van der Waals surface area contributed by atoms with Crippen LogP contribution in [-0.4, -0.2) is 65.2 Å². The van der Waals surface area contributed by atoms with Crippen LogP contribution in [-0.2, 0) is 31.9 Å². The van der Waals surface area contributed by atoms with Crippen molar-refractivity contribution in [2.45, 2.75) is 20.3 Å². The normalized spacial score (nSPS) is 11.3. The number of halogens is 1. The van der Waals surface area contributed by atoms with Crippen molar-refractivity contribution >= 4 is 28.8 Å². The molecule has 0 saturated heterocycles. The van der Waals surface area contributed by atoms with Crippen LogP contribution in [0.5, 0.6) is 0 Å². The number of rotatable bonds is 18. The summed E-state index contributed by atoms with van der Waals surface area (Å²) in [6.45, 7) is 8.33. The van der Waals surface area contributed by atoms with Gasteiger partial charge in [-0.15, -0.1) is 8.21 Å². The lowest BCUT2D eigenvalue weighted by Gasteiger charge is -2.08. The Labute approximate surface area is 152 Å². The van der Waals surface area contributed by atoms with Gasteiger partial charge in [0.25, 0.3) is 0 Å². The zero-order valence-electron chi connectivity index (χ0n) is 13.9. The van der Waals surface area contributed by atoms with Crippen LogP contribution in [0, 0.1) is 5.92 Å². The topological polar surface area (TPSA) is 84.5 Å². The fourth-order valence-corrected chi connectivity index (χ4v) is 1.53. The number of hydroxylamine groups is 1. The third-order valence-electron chi connectivity index (χ3n) is 2.69. The lowest BCUT2D eigenvalue weighted by molar-refractivity contribution is -0.224. The first-order valence-electron chi connectivity index (χ1n) is 7.69. The maximum absolute atomic E-state index is 11.3. The highest BCUT2D eigenvalue weighted by atomic mass is 127. The van der Waals surface area contributed by atoms with Crippen molar-refractivity contribution in [3.8, 4) is 0 Å². The summed E-state index contributed by atoms with van der Waals surface area (Å²) in [6.07, 6.45) is 0.466. The zero-order chi connectivity index (χ0) is 17.2. The van der Waals surface area contributed by atoms with Crippen LogP contribution < -0.4 is 5.48 Å². The quantitative estimate of drug-likeness (QED) is 0.146. The van der Waals surface area contributed by atoms with E-state index in [2.05, 4.69) is 13.7 Å². The largest absolute Gasteiger partial charge is 0.379 e. The van der Waals surface area contributed by atoms with E-state index in [9.17, 15) is 4.79 Å². The first kappa shape index (κ1) is 23.1. The monoisotopic (exact) mass is 449 g/mol. The molecule has 23 heavy (non-hydrogen) atoms. The van der Waals surface area contributed by atoms with E-state index in [0.717, 1.165) is 0 Å². The predicted octanol–water partition coefficient (Wildman–Crippen LogP) is 1.47. The minimum atomic E-state index is 0.0746. The Kier molecular flexibility index (Phi) is 18.6. The molecule has 8 nitrogen and oxygen atoms in total. The van der Waals surface area contributed by atoms with Crippen molar-refractivity contribution in [1.82, 2.24) is 5.48 Å². The summed E-state index contributed by atoms with van der Waals surface area (Å²) in [6, 6.07) is 0. The molecule has 0 heterocycles. The van der Waals surface area contributed by atoms with E-state index in [1.165, 1.54) is 0 Å². The first-order chi connectivity index (χ1) is 11.2. The molecule has 0 aliphatic heterocycles. The van der Waals surface area contributed by atoms with Crippen LogP contribution in [0.1, 0.15) is 20.3 Å². The molecule has 9 heteroatoms. The smallest absolute Gasteiger partial charge is 0.157 e. The average molecular weight is 449 g/mol. The molecule has 0 aliphatic carbocycles. The van der Waals surface area contributed by atoms with Gasteiger partial charge in [0.1, 0.15) is 5.78 Å². The molecule has 0 spiro atoms. The zero-order valence-corrected chi connectivity index (χ0v) is 16.0. The molecule has 0 atom stereocenters. The van der Waals surface area contributed by atoms with Gasteiger partial charge < -0.3 is 18.9 Å². The summed E-state index contributed by atoms with van der Waals surface area (Å²) in [5.74, 6) is 0.300. The standard InChI is InChI=1S/C14H28INO7/c1-13(2)14(17)3-5-18-7-9-20-11-12-21-10-8-19-6-4-16-23-22-15/h13,16H,3-12H2,1-2H3. The van der Waals surface area contributed by atoms with Gasteiger partial charge >= 0.3 is 0 Å². The number of carbonyl (C=O) groups is 1. The molecule has 1 N–H and O–H groups in total. The van der Waals surface area contributed by atoms with Gasteiger partial charge in [0.15, 0.2) is 23.0 Å². The third kappa shape index (κ3) is 18.3. The average Bonchev–Trinajstić information content (AvgIpc) is 2.54. The molecule has 0 unspecified atom stereocenters. The highest BCUT2D eigenvalue weighted by Crippen LogP contribution is 1.98. The molecule has 0 radical (unpaired) electrons. The molecule has 0 aliphatic rings. The van der Waals surface area contributed by atoms with E-state index in [1.54, 1.807) is 23.0 Å². The van der Waals surface area contributed by atoms with E-state index in [4.69, 9.17) is 18.9 Å². The Morgan fingerprint density at radius 3 is 1.83 bits per heavy atom. The second-order valence-electron chi connectivity index (χ2n) is 4.86. The van der Waals surface area contributed by atoms with E-state index in [-0.39, 0.29) is 11.7 Å². The molecular formula is C14H28INO7. The van der Waals surface area contributed by atoms with Gasteiger partial charge in [0.05, 0.1) is 52.9 Å². The van der Waals surface area contributed by atoms with Crippen molar-refractivity contribution in [2.24, 2.45) is 5.92 Å². The highest BCUT2D eigenvalue weighted by Gasteiger charge is 2.05. The van der Waals surface area contributed by atoms with Crippen LogP contribution >= 0.6 is 23.0 Å². The molecule has 0 rings (SSSR count). The predicted molar refractivity (Wildman–Crippen MR) is 91.9 cm³/mol. The number of hydrogen-bond acceptors (Lipinski definition) is 8. The van der Waals surface area contributed by atoms with E-state index >= 15 is 0 Å². The summed E-state index contributed by atoms with van der Waals surface area (Å²) >= 11 is 1.61. The van der Waals surface area contributed by atoms with Gasteiger partial charge in [-0.2, -0.15) is 5.48 Å². The number of Topliss-reactive ketones (excluding diaryl/α,β-unsaturated/α-hetero) is 1. The molecule has 138 valence electrons. The second-order valence-corrected chi connectivity index (χ2v) is 5.22. The van der Waals surface area contributed by atoms with Gasteiger partial charge in [-0.25, -0.2) is 0 Å². The van der Waals surface area contributed by atoms with Crippen LogP contribution in [0.15, 0.2) is 0 Å². The Hall–Kier alpha value is 0.120. The second kappa shape index (κ2) is 18.5. The molecule has 0 bridgehead atoms. The van der Waals surface area contributed by atoms with E-state index in [1.807, 2.05) is 13.8 Å². The van der Waals surface area contributed by atoms with Crippen molar-refractivity contribution in [3.63, 3.8) is 0 Å². The minimum absolute atomic E-state index is 0.0746.